The first kappa shape index (κ1) is 16.4. The maximum atomic E-state index is 12.1. The predicted octanol–water partition coefficient (Wildman–Crippen LogP) is -0.133. The van der Waals surface area contributed by atoms with Crippen molar-refractivity contribution in [1.82, 2.24) is 5.32 Å². The lowest BCUT2D eigenvalue weighted by Crippen LogP contribution is -2.44. The summed E-state index contributed by atoms with van der Waals surface area (Å²) in [4.78, 5) is 33.7. The zero-order chi connectivity index (χ0) is 16.0. The Labute approximate surface area is 119 Å². The van der Waals surface area contributed by atoms with Gasteiger partial charge in [0, 0.05) is 6.07 Å². The molecule has 0 bridgehead atoms. The number of benzene rings is 1. The summed E-state index contributed by atoms with van der Waals surface area (Å²) in [5, 5.41) is 22.2. The van der Waals surface area contributed by atoms with Crippen LogP contribution in [0, 0.1) is 10.1 Å². The normalized spacial score (nSPS) is 11.4. The lowest BCUT2D eigenvalue weighted by molar-refractivity contribution is -0.385. The number of hydrogen-bond acceptors (Lipinski definition) is 7. The standard InChI is InChI=1S/C12H14N2O7/c1-20-9-5-3-4-8(14(18)19)10(9)11(16)13-7(6-15)12(17)21-2/h3-5,7,15H,6H2,1-2H3,(H,13,16). The first-order chi connectivity index (χ1) is 9.96. The zero-order valence-corrected chi connectivity index (χ0v) is 11.4. The number of aliphatic hydroxyl groups excluding tert-OH is 1. The van der Waals surface area contributed by atoms with Gasteiger partial charge in [-0.15, -0.1) is 0 Å². The molecule has 2 N–H and O–H groups in total. The van der Waals surface area contributed by atoms with Crippen molar-refractivity contribution in [2.45, 2.75) is 6.04 Å². The van der Waals surface area contributed by atoms with Crippen LogP contribution in [0.2, 0.25) is 0 Å². The number of nitrogens with one attached hydrogen (secondary N) is 1. The Morgan fingerprint density at radius 2 is 2.10 bits per heavy atom. The smallest absolute Gasteiger partial charge is 0.330 e. The monoisotopic (exact) mass is 298 g/mol. The molecule has 114 valence electrons. The Bertz CT molecular complexity index is 559. The van der Waals surface area contributed by atoms with Crippen molar-refractivity contribution >= 4 is 17.6 Å². The van der Waals surface area contributed by atoms with Gasteiger partial charge in [0.2, 0.25) is 0 Å². The first-order valence-electron chi connectivity index (χ1n) is 5.77. The number of hydrogen-bond donors (Lipinski definition) is 2. The van der Waals surface area contributed by atoms with Gasteiger partial charge in [-0.25, -0.2) is 4.79 Å². The van der Waals surface area contributed by atoms with Crippen molar-refractivity contribution in [2.75, 3.05) is 20.8 Å². The Balaban J connectivity index is 3.17. The number of rotatable bonds is 6. The van der Waals surface area contributed by atoms with E-state index in [0.717, 1.165) is 13.2 Å². The quantitative estimate of drug-likeness (QED) is 0.425. The van der Waals surface area contributed by atoms with Crippen LogP contribution >= 0.6 is 0 Å². The van der Waals surface area contributed by atoms with Crippen LogP contribution in [0.5, 0.6) is 5.75 Å². The van der Waals surface area contributed by atoms with Gasteiger partial charge >= 0.3 is 5.97 Å². The minimum absolute atomic E-state index is 0.0248. The number of carbonyl (C=O) groups is 2. The van der Waals surface area contributed by atoms with Crippen LogP contribution in [-0.4, -0.2) is 48.8 Å². The van der Waals surface area contributed by atoms with Crippen molar-refractivity contribution in [2.24, 2.45) is 0 Å². The van der Waals surface area contributed by atoms with Gasteiger partial charge in [0.1, 0.15) is 5.75 Å². The molecule has 1 aromatic rings. The summed E-state index contributed by atoms with van der Waals surface area (Å²) in [5.74, 6) is -1.82. The largest absolute Gasteiger partial charge is 0.496 e. The highest BCUT2D eigenvalue weighted by Crippen LogP contribution is 2.28. The highest BCUT2D eigenvalue weighted by molar-refractivity contribution is 6.02. The van der Waals surface area contributed by atoms with Gasteiger partial charge in [0.05, 0.1) is 25.7 Å². The van der Waals surface area contributed by atoms with Crippen molar-refractivity contribution in [3.63, 3.8) is 0 Å². The van der Waals surface area contributed by atoms with Crippen LogP contribution in [-0.2, 0) is 9.53 Å². The molecule has 1 unspecified atom stereocenters. The summed E-state index contributed by atoms with van der Waals surface area (Å²) in [6.07, 6.45) is 0. The molecule has 21 heavy (non-hydrogen) atoms. The predicted molar refractivity (Wildman–Crippen MR) is 70.0 cm³/mol. The van der Waals surface area contributed by atoms with Crippen LogP contribution in [0.25, 0.3) is 0 Å². The number of carbonyl (C=O) groups excluding carboxylic acids is 2. The molecule has 0 radical (unpaired) electrons. The second-order valence-corrected chi connectivity index (χ2v) is 3.84. The maximum absolute atomic E-state index is 12.1. The number of ether oxygens (including phenoxy) is 2. The highest BCUT2D eigenvalue weighted by Gasteiger charge is 2.28. The Hall–Kier alpha value is -2.68. The summed E-state index contributed by atoms with van der Waals surface area (Å²) < 4.78 is 9.31. The minimum Gasteiger partial charge on any atom is -0.496 e. The van der Waals surface area contributed by atoms with E-state index in [1.54, 1.807) is 0 Å². The first-order valence-corrected chi connectivity index (χ1v) is 5.77. The molecule has 0 saturated carbocycles. The van der Waals surface area contributed by atoms with Gasteiger partial charge in [-0.3, -0.25) is 14.9 Å². The fourth-order valence-electron chi connectivity index (χ4n) is 1.62. The number of nitrogens with zero attached hydrogens (tertiary/aromatic N) is 1. The van der Waals surface area contributed by atoms with Crippen LogP contribution in [0.4, 0.5) is 5.69 Å². The molecule has 0 aliphatic carbocycles. The molecule has 9 heteroatoms. The molecule has 0 aliphatic rings. The van der Waals surface area contributed by atoms with E-state index >= 15 is 0 Å². The van der Waals surface area contributed by atoms with E-state index in [1.807, 2.05) is 0 Å². The van der Waals surface area contributed by atoms with Crippen molar-refractivity contribution in [3.8, 4) is 5.75 Å². The van der Waals surface area contributed by atoms with Crippen LogP contribution in [0.15, 0.2) is 18.2 Å². The average molecular weight is 298 g/mol. The molecular formula is C12H14N2O7. The molecule has 0 aromatic heterocycles. The van der Waals surface area contributed by atoms with E-state index < -0.39 is 35.1 Å². The molecule has 0 fully saturated rings. The number of nitro benzene ring substituents is 1. The molecule has 0 saturated heterocycles. The summed E-state index contributed by atoms with van der Waals surface area (Å²) >= 11 is 0. The van der Waals surface area contributed by atoms with Crippen LogP contribution in [0.1, 0.15) is 10.4 Å². The third-order valence-corrected chi connectivity index (χ3v) is 2.62. The number of esters is 1. The van der Waals surface area contributed by atoms with E-state index in [9.17, 15) is 19.7 Å². The third-order valence-electron chi connectivity index (χ3n) is 2.62. The second kappa shape index (κ2) is 7.20. The molecule has 0 aliphatic heterocycles. The fourth-order valence-corrected chi connectivity index (χ4v) is 1.62. The van der Waals surface area contributed by atoms with E-state index in [1.165, 1.54) is 19.2 Å². The van der Waals surface area contributed by atoms with Gasteiger partial charge in [-0.05, 0) is 6.07 Å². The van der Waals surface area contributed by atoms with E-state index in [4.69, 9.17) is 9.84 Å². The molecule has 9 nitrogen and oxygen atoms in total. The lowest BCUT2D eigenvalue weighted by Gasteiger charge is -2.15. The van der Waals surface area contributed by atoms with Gasteiger partial charge in [0.25, 0.3) is 11.6 Å². The summed E-state index contributed by atoms with van der Waals surface area (Å²) in [6, 6.07) is 2.53. The summed E-state index contributed by atoms with van der Waals surface area (Å²) in [6.45, 7) is -0.707. The third kappa shape index (κ3) is 3.66. The van der Waals surface area contributed by atoms with Crippen LogP contribution < -0.4 is 10.1 Å². The Morgan fingerprint density at radius 1 is 1.43 bits per heavy atom. The van der Waals surface area contributed by atoms with E-state index in [2.05, 4.69) is 10.1 Å². The van der Waals surface area contributed by atoms with Gasteiger partial charge < -0.3 is 19.9 Å². The fraction of sp³-hybridized carbons (Fsp3) is 0.333. The van der Waals surface area contributed by atoms with Gasteiger partial charge in [-0.2, -0.15) is 0 Å². The van der Waals surface area contributed by atoms with Gasteiger partial charge in [0.15, 0.2) is 11.6 Å². The minimum atomic E-state index is -1.33. The Kier molecular flexibility index (Phi) is 5.61. The topological polar surface area (TPSA) is 128 Å². The molecule has 1 aromatic carbocycles. The van der Waals surface area contributed by atoms with Crippen molar-refractivity contribution in [1.29, 1.82) is 0 Å². The van der Waals surface area contributed by atoms with Crippen molar-refractivity contribution < 1.29 is 29.1 Å². The lowest BCUT2D eigenvalue weighted by atomic mass is 10.1. The Morgan fingerprint density at radius 3 is 2.57 bits per heavy atom. The number of methoxy groups -OCH3 is 2. The molecule has 1 atom stereocenters. The average Bonchev–Trinajstić information content (AvgIpc) is 2.50. The second-order valence-electron chi connectivity index (χ2n) is 3.84. The SMILES string of the molecule is COC(=O)C(CO)NC(=O)c1c(OC)cccc1[N+](=O)[O-]. The molecule has 0 spiro atoms. The molecule has 1 rings (SSSR count). The van der Waals surface area contributed by atoms with Crippen molar-refractivity contribution in [3.05, 3.63) is 33.9 Å². The van der Waals surface area contributed by atoms with Gasteiger partial charge in [-0.1, -0.05) is 6.07 Å². The van der Waals surface area contributed by atoms with Crippen LogP contribution in [0.3, 0.4) is 0 Å². The maximum Gasteiger partial charge on any atom is 0.330 e. The molecular weight excluding hydrogens is 284 g/mol. The molecule has 1 amide bonds. The van der Waals surface area contributed by atoms with E-state index in [0.29, 0.717) is 0 Å². The number of amides is 1. The van der Waals surface area contributed by atoms with E-state index in [-0.39, 0.29) is 11.3 Å². The molecule has 0 heterocycles. The summed E-state index contributed by atoms with van der Waals surface area (Å²) in [7, 11) is 2.34. The highest BCUT2D eigenvalue weighted by atomic mass is 16.6. The zero-order valence-electron chi connectivity index (χ0n) is 11.4. The summed E-state index contributed by atoms with van der Waals surface area (Å²) in [5.41, 5.74) is -0.819. The number of nitro groups is 1. The number of aliphatic hydroxyl groups is 1.